The molecule has 0 aliphatic carbocycles. The number of rotatable bonds is 12. The Labute approximate surface area is 109 Å². The number of aliphatic hydroxyl groups is 1. The highest BCUT2D eigenvalue weighted by atomic mass is 16.7. The number of nitrogens with one attached hydrogen (secondary N) is 1. The molecule has 0 rings (SSSR count). The van der Waals surface area contributed by atoms with Crippen molar-refractivity contribution in [3.8, 4) is 0 Å². The van der Waals surface area contributed by atoms with Gasteiger partial charge in [-0.2, -0.15) is 0 Å². The Hall–Kier alpha value is -0.690. The predicted octanol–water partition coefficient (Wildman–Crippen LogP) is 0.986. The maximum atomic E-state index is 11.2. The monoisotopic (exact) mass is 263 g/mol. The van der Waals surface area contributed by atoms with Gasteiger partial charge in [0.15, 0.2) is 0 Å². The fourth-order valence-corrected chi connectivity index (χ4v) is 1.20. The minimum absolute atomic E-state index is 0.00315. The third-order valence-corrected chi connectivity index (χ3v) is 2.15. The SMILES string of the molecule is CCCCCC(=O)ONC(C)OCCOCCO. The molecule has 0 aromatic heterocycles. The van der Waals surface area contributed by atoms with Gasteiger partial charge in [0.05, 0.1) is 26.4 Å². The van der Waals surface area contributed by atoms with Crippen molar-refractivity contribution in [1.29, 1.82) is 0 Å². The van der Waals surface area contributed by atoms with Gasteiger partial charge >= 0.3 is 5.97 Å². The number of unbranched alkanes of at least 4 members (excludes halogenated alkanes) is 2. The van der Waals surface area contributed by atoms with Crippen molar-refractivity contribution < 1.29 is 24.2 Å². The highest BCUT2D eigenvalue weighted by Crippen LogP contribution is 1.99. The summed E-state index contributed by atoms with van der Waals surface area (Å²) in [5.74, 6) is -0.268. The number of carbonyl (C=O) groups excluding carboxylic acids is 1. The van der Waals surface area contributed by atoms with Gasteiger partial charge in [0.25, 0.3) is 0 Å². The molecule has 0 aliphatic rings. The van der Waals surface area contributed by atoms with Crippen molar-refractivity contribution in [3.63, 3.8) is 0 Å². The molecule has 18 heavy (non-hydrogen) atoms. The van der Waals surface area contributed by atoms with Gasteiger partial charge in [-0.3, -0.25) is 4.79 Å². The topological polar surface area (TPSA) is 77.0 Å². The molecule has 6 nitrogen and oxygen atoms in total. The zero-order valence-electron chi connectivity index (χ0n) is 11.3. The Kier molecular flexibility index (Phi) is 12.3. The summed E-state index contributed by atoms with van der Waals surface area (Å²) in [5.41, 5.74) is 2.52. The Bertz CT molecular complexity index is 201. The first kappa shape index (κ1) is 17.3. The Morgan fingerprint density at radius 3 is 2.72 bits per heavy atom. The van der Waals surface area contributed by atoms with Crippen molar-refractivity contribution in [2.75, 3.05) is 26.4 Å². The average molecular weight is 263 g/mol. The van der Waals surface area contributed by atoms with Crippen LogP contribution in [0.5, 0.6) is 0 Å². The lowest BCUT2D eigenvalue weighted by Gasteiger charge is -2.14. The van der Waals surface area contributed by atoms with E-state index in [0.717, 1.165) is 19.3 Å². The Balaban J connectivity index is 3.34. The van der Waals surface area contributed by atoms with Crippen LogP contribution in [0, 0.1) is 0 Å². The van der Waals surface area contributed by atoms with E-state index in [1.807, 2.05) is 0 Å². The van der Waals surface area contributed by atoms with Crippen molar-refractivity contribution in [2.24, 2.45) is 0 Å². The van der Waals surface area contributed by atoms with Gasteiger partial charge in [0.1, 0.15) is 6.23 Å². The quantitative estimate of drug-likeness (QED) is 0.310. The van der Waals surface area contributed by atoms with Gasteiger partial charge in [0.2, 0.25) is 0 Å². The van der Waals surface area contributed by atoms with Crippen molar-refractivity contribution in [2.45, 2.75) is 45.8 Å². The minimum atomic E-state index is -0.377. The van der Waals surface area contributed by atoms with Crippen LogP contribution in [0.25, 0.3) is 0 Å². The fourth-order valence-electron chi connectivity index (χ4n) is 1.20. The van der Waals surface area contributed by atoms with E-state index in [1.54, 1.807) is 6.92 Å². The summed E-state index contributed by atoms with van der Waals surface area (Å²) in [7, 11) is 0. The second kappa shape index (κ2) is 12.8. The fraction of sp³-hybridized carbons (Fsp3) is 0.917. The minimum Gasteiger partial charge on any atom is -0.394 e. The van der Waals surface area contributed by atoms with Crippen LogP contribution in [0.1, 0.15) is 39.5 Å². The zero-order chi connectivity index (χ0) is 13.6. The third-order valence-electron chi connectivity index (χ3n) is 2.15. The molecule has 0 aliphatic heterocycles. The predicted molar refractivity (Wildman–Crippen MR) is 66.7 cm³/mol. The van der Waals surface area contributed by atoms with Gasteiger partial charge in [-0.05, 0) is 13.3 Å². The highest BCUT2D eigenvalue weighted by Gasteiger charge is 2.06. The number of carbonyl (C=O) groups is 1. The molecule has 1 atom stereocenters. The maximum absolute atomic E-state index is 11.2. The molecule has 0 aromatic rings. The number of hydroxylamine groups is 1. The number of ether oxygens (including phenoxy) is 2. The Morgan fingerprint density at radius 1 is 1.28 bits per heavy atom. The molecular formula is C12H25NO5. The van der Waals surface area contributed by atoms with Gasteiger partial charge in [0, 0.05) is 6.42 Å². The van der Waals surface area contributed by atoms with E-state index < -0.39 is 0 Å². The maximum Gasteiger partial charge on any atom is 0.324 e. The van der Waals surface area contributed by atoms with Gasteiger partial charge in [-0.15, -0.1) is 5.48 Å². The standard InChI is InChI=1S/C12H25NO5/c1-3-4-5-6-12(15)18-13-11(2)17-10-9-16-8-7-14/h11,13-14H,3-10H2,1-2H3. The van der Waals surface area contributed by atoms with Crippen LogP contribution in [0.4, 0.5) is 0 Å². The first-order valence-corrected chi connectivity index (χ1v) is 6.46. The molecule has 0 radical (unpaired) electrons. The molecular weight excluding hydrogens is 238 g/mol. The molecule has 0 heterocycles. The number of hydrogen-bond donors (Lipinski definition) is 2. The molecule has 0 fully saturated rings. The molecule has 0 saturated heterocycles. The van der Waals surface area contributed by atoms with Crippen molar-refractivity contribution >= 4 is 5.97 Å². The highest BCUT2D eigenvalue weighted by molar-refractivity contribution is 5.68. The van der Waals surface area contributed by atoms with Gasteiger partial charge < -0.3 is 19.4 Å². The molecule has 6 heteroatoms. The molecule has 108 valence electrons. The molecule has 1 unspecified atom stereocenters. The third kappa shape index (κ3) is 11.8. The van der Waals surface area contributed by atoms with Crippen LogP contribution in [0.3, 0.4) is 0 Å². The van der Waals surface area contributed by atoms with E-state index >= 15 is 0 Å². The molecule has 0 amide bonds. The van der Waals surface area contributed by atoms with E-state index in [1.165, 1.54) is 0 Å². The summed E-state index contributed by atoms with van der Waals surface area (Å²) in [6.45, 7) is 4.91. The summed E-state index contributed by atoms with van der Waals surface area (Å²) in [5, 5.41) is 8.47. The van der Waals surface area contributed by atoms with Crippen LogP contribution in [0.15, 0.2) is 0 Å². The smallest absolute Gasteiger partial charge is 0.324 e. The van der Waals surface area contributed by atoms with Crippen LogP contribution >= 0.6 is 0 Å². The van der Waals surface area contributed by atoms with Gasteiger partial charge in [-0.1, -0.05) is 19.8 Å². The summed E-state index contributed by atoms with van der Waals surface area (Å²) < 4.78 is 10.3. The van der Waals surface area contributed by atoms with E-state index in [4.69, 9.17) is 19.4 Å². The lowest BCUT2D eigenvalue weighted by atomic mass is 10.2. The Morgan fingerprint density at radius 2 is 2.06 bits per heavy atom. The van der Waals surface area contributed by atoms with Crippen LogP contribution in [0.2, 0.25) is 0 Å². The van der Waals surface area contributed by atoms with Gasteiger partial charge in [-0.25, -0.2) is 0 Å². The molecule has 2 N–H and O–H groups in total. The summed E-state index contributed by atoms with van der Waals surface area (Å²) >= 11 is 0. The lowest BCUT2D eigenvalue weighted by Crippen LogP contribution is -2.32. The van der Waals surface area contributed by atoms with Crippen LogP contribution in [-0.4, -0.2) is 43.7 Å². The second-order valence-electron chi connectivity index (χ2n) is 3.90. The lowest BCUT2D eigenvalue weighted by molar-refractivity contribution is -0.162. The summed E-state index contributed by atoms with van der Waals surface area (Å²) in [6.07, 6.45) is 3.00. The first-order chi connectivity index (χ1) is 8.70. The van der Waals surface area contributed by atoms with Crippen LogP contribution < -0.4 is 5.48 Å². The van der Waals surface area contributed by atoms with Crippen molar-refractivity contribution in [1.82, 2.24) is 5.48 Å². The summed E-state index contributed by atoms with van der Waals surface area (Å²) in [4.78, 5) is 16.1. The van der Waals surface area contributed by atoms with Crippen molar-refractivity contribution in [3.05, 3.63) is 0 Å². The second-order valence-corrected chi connectivity index (χ2v) is 3.90. The number of hydrogen-bond acceptors (Lipinski definition) is 6. The first-order valence-electron chi connectivity index (χ1n) is 6.46. The van der Waals surface area contributed by atoms with E-state index in [9.17, 15) is 4.79 Å². The molecule has 0 saturated carbocycles. The van der Waals surface area contributed by atoms with E-state index in [-0.39, 0.29) is 18.8 Å². The summed E-state index contributed by atoms with van der Waals surface area (Å²) in [6, 6.07) is 0. The zero-order valence-corrected chi connectivity index (χ0v) is 11.3. The molecule has 0 bridgehead atoms. The normalized spacial score (nSPS) is 12.4. The van der Waals surface area contributed by atoms with Crippen LogP contribution in [-0.2, 0) is 19.1 Å². The molecule has 0 spiro atoms. The number of aliphatic hydroxyl groups excluding tert-OH is 1. The largest absolute Gasteiger partial charge is 0.394 e. The molecule has 0 aromatic carbocycles. The van der Waals surface area contributed by atoms with E-state index in [2.05, 4.69) is 12.4 Å². The van der Waals surface area contributed by atoms with E-state index in [0.29, 0.717) is 26.2 Å². The average Bonchev–Trinajstić information content (AvgIpc) is 2.36.